The predicted octanol–water partition coefficient (Wildman–Crippen LogP) is 3.34. The van der Waals surface area contributed by atoms with Crippen LogP contribution in [0.15, 0.2) is 43.0 Å². The number of aryl methyl sites for hydroxylation is 1. The van der Waals surface area contributed by atoms with Crippen LogP contribution in [0.25, 0.3) is 0 Å². The second kappa shape index (κ2) is 10.0. The van der Waals surface area contributed by atoms with E-state index in [2.05, 4.69) is 42.4 Å². The number of aliphatic hydroxyl groups excluding tert-OH is 1. The van der Waals surface area contributed by atoms with Crippen molar-refractivity contribution in [1.29, 1.82) is 0 Å². The average Bonchev–Trinajstić information content (AvgIpc) is 2.44. The van der Waals surface area contributed by atoms with Crippen LogP contribution in [0.1, 0.15) is 31.2 Å². The largest absolute Gasteiger partial charge is 0.380 e. The number of aliphatic hydroxyl groups is 1. The summed E-state index contributed by atoms with van der Waals surface area (Å²) in [6, 6.07) is 10.3. The summed E-state index contributed by atoms with van der Waals surface area (Å²) in [6.45, 7) is 3.64. The first kappa shape index (κ1) is 15.1. The molecular formula is C18H20O. The molecule has 1 N–H and O–H groups in total. The molecule has 0 heterocycles. The number of allylic oxidation sites excluding steroid dienone is 1. The zero-order chi connectivity index (χ0) is 13.8. The zero-order valence-electron chi connectivity index (χ0n) is 11.2. The van der Waals surface area contributed by atoms with E-state index < -0.39 is 6.10 Å². The standard InChI is InChI=1S/C18H20O/c1-2-3-7-15-18(19)16-11-5-4-8-12-17-13-9-6-10-14-17/h2,6,9-10,13-14,18-19H,1,3,7-8,12,15H2/t18-/m1/s1. The number of unbranched alkanes of at least 4 members (excludes halogenated alkanes) is 1. The summed E-state index contributed by atoms with van der Waals surface area (Å²) in [5, 5.41) is 9.53. The quantitative estimate of drug-likeness (QED) is 0.468. The zero-order valence-corrected chi connectivity index (χ0v) is 11.2. The molecule has 0 saturated heterocycles. The Labute approximate surface area is 116 Å². The molecule has 0 aliphatic carbocycles. The van der Waals surface area contributed by atoms with Crippen molar-refractivity contribution < 1.29 is 5.11 Å². The minimum Gasteiger partial charge on any atom is -0.380 e. The second-order valence-corrected chi connectivity index (χ2v) is 4.29. The first-order chi connectivity index (χ1) is 9.33. The Morgan fingerprint density at radius 3 is 2.74 bits per heavy atom. The Balaban J connectivity index is 2.22. The van der Waals surface area contributed by atoms with E-state index in [0.717, 1.165) is 25.7 Å². The number of hydrogen-bond acceptors (Lipinski definition) is 1. The van der Waals surface area contributed by atoms with Gasteiger partial charge in [-0.25, -0.2) is 0 Å². The minimum absolute atomic E-state index is 0.566. The Morgan fingerprint density at radius 2 is 2.00 bits per heavy atom. The van der Waals surface area contributed by atoms with Gasteiger partial charge in [-0.1, -0.05) is 48.2 Å². The Hall–Kier alpha value is -1.96. The van der Waals surface area contributed by atoms with Crippen molar-refractivity contribution in [2.45, 2.75) is 38.2 Å². The molecule has 0 amide bonds. The van der Waals surface area contributed by atoms with Crippen LogP contribution in [-0.4, -0.2) is 11.2 Å². The Bertz CT molecular complexity index is 479. The molecule has 19 heavy (non-hydrogen) atoms. The van der Waals surface area contributed by atoms with E-state index in [-0.39, 0.29) is 0 Å². The lowest BCUT2D eigenvalue weighted by atomic mass is 10.1. The van der Waals surface area contributed by atoms with Crippen molar-refractivity contribution in [3.8, 4) is 23.7 Å². The van der Waals surface area contributed by atoms with Crippen LogP contribution in [0.2, 0.25) is 0 Å². The highest BCUT2D eigenvalue weighted by Crippen LogP contribution is 2.01. The van der Waals surface area contributed by atoms with Crippen molar-refractivity contribution >= 4 is 0 Å². The molecule has 1 rings (SSSR count). The topological polar surface area (TPSA) is 20.2 Å². The first-order valence-corrected chi connectivity index (χ1v) is 6.64. The summed E-state index contributed by atoms with van der Waals surface area (Å²) < 4.78 is 0. The normalized spacial score (nSPS) is 10.6. The molecule has 0 bridgehead atoms. The van der Waals surface area contributed by atoms with E-state index in [0.29, 0.717) is 6.42 Å². The van der Waals surface area contributed by atoms with Crippen LogP contribution >= 0.6 is 0 Å². The summed E-state index contributed by atoms with van der Waals surface area (Å²) in [5.74, 6) is 11.2. The lowest BCUT2D eigenvalue weighted by molar-refractivity contribution is 0.219. The van der Waals surface area contributed by atoms with Crippen LogP contribution in [-0.2, 0) is 6.42 Å². The van der Waals surface area contributed by atoms with E-state index in [1.54, 1.807) is 0 Å². The molecule has 0 radical (unpaired) electrons. The molecule has 1 aromatic rings. The molecular weight excluding hydrogens is 232 g/mol. The molecule has 0 fully saturated rings. The third kappa shape index (κ3) is 7.87. The molecule has 0 aromatic heterocycles. The van der Waals surface area contributed by atoms with Gasteiger partial charge in [-0.05, 0) is 43.1 Å². The highest BCUT2D eigenvalue weighted by Gasteiger charge is 1.96. The molecule has 0 saturated carbocycles. The van der Waals surface area contributed by atoms with Crippen molar-refractivity contribution in [3.63, 3.8) is 0 Å². The fourth-order valence-electron chi connectivity index (χ4n) is 1.61. The van der Waals surface area contributed by atoms with E-state index in [1.165, 1.54) is 5.56 Å². The monoisotopic (exact) mass is 252 g/mol. The Kier molecular flexibility index (Phi) is 7.95. The van der Waals surface area contributed by atoms with E-state index in [1.807, 2.05) is 24.3 Å². The van der Waals surface area contributed by atoms with Crippen LogP contribution in [0.3, 0.4) is 0 Å². The fourth-order valence-corrected chi connectivity index (χ4v) is 1.61. The van der Waals surface area contributed by atoms with Gasteiger partial charge in [0.1, 0.15) is 6.10 Å². The van der Waals surface area contributed by atoms with Gasteiger partial charge in [0.05, 0.1) is 0 Å². The summed E-state index contributed by atoms with van der Waals surface area (Å²) in [6.07, 6.45) is 5.54. The molecule has 1 nitrogen and oxygen atoms in total. The van der Waals surface area contributed by atoms with Gasteiger partial charge >= 0.3 is 0 Å². The van der Waals surface area contributed by atoms with E-state index in [9.17, 15) is 5.11 Å². The van der Waals surface area contributed by atoms with Gasteiger partial charge in [0.25, 0.3) is 0 Å². The number of rotatable bonds is 6. The van der Waals surface area contributed by atoms with Crippen LogP contribution in [0, 0.1) is 23.7 Å². The van der Waals surface area contributed by atoms with Crippen LogP contribution < -0.4 is 0 Å². The fraction of sp³-hybridized carbons (Fsp3) is 0.333. The molecule has 0 aliphatic heterocycles. The van der Waals surface area contributed by atoms with Gasteiger partial charge in [0.15, 0.2) is 0 Å². The summed E-state index contributed by atoms with van der Waals surface area (Å²) in [5.41, 5.74) is 1.29. The van der Waals surface area contributed by atoms with Gasteiger partial charge in [-0.3, -0.25) is 0 Å². The molecule has 1 aromatic carbocycles. The van der Waals surface area contributed by atoms with Crippen LogP contribution in [0.4, 0.5) is 0 Å². The summed E-state index contributed by atoms with van der Waals surface area (Å²) >= 11 is 0. The molecule has 98 valence electrons. The predicted molar refractivity (Wildman–Crippen MR) is 80.4 cm³/mol. The summed E-state index contributed by atoms with van der Waals surface area (Å²) in [7, 11) is 0. The minimum atomic E-state index is -0.566. The lowest BCUT2D eigenvalue weighted by Crippen LogP contribution is -2.01. The van der Waals surface area contributed by atoms with Gasteiger partial charge in [-0.2, -0.15) is 0 Å². The molecule has 1 heteroatoms. The second-order valence-electron chi connectivity index (χ2n) is 4.29. The van der Waals surface area contributed by atoms with Gasteiger partial charge in [0.2, 0.25) is 0 Å². The number of hydrogen-bond donors (Lipinski definition) is 1. The molecule has 0 unspecified atom stereocenters. The first-order valence-electron chi connectivity index (χ1n) is 6.64. The van der Waals surface area contributed by atoms with Gasteiger partial charge in [0, 0.05) is 6.42 Å². The molecule has 0 aliphatic rings. The van der Waals surface area contributed by atoms with E-state index >= 15 is 0 Å². The van der Waals surface area contributed by atoms with Gasteiger partial charge in [-0.15, -0.1) is 6.58 Å². The van der Waals surface area contributed by atoms with Crippen LogP contribution in [0.5, 0.6) is 0 Å². The maximum Gasteiger partial charge on any atom is 0.115 e. The van der Waals surface area contributed by atoms with E-state index in [4.69, 9.17) is 0 Å². The van der Waals surface area contributed by atoms with Crippen molar-refractivity contribution in [2.24, 2.45) is 0 Å². The summed E-state index contributed by atoms with van der Waals surface area (Å²) in [4.78, 5) is 0. The van der Waals surface area contributed by atoms with Crippen molar-refractivity contribution in [2.75, 3.05) is 0 Å². The molecule has 1 atom stereocenters. The van der Waals surface area contributed by atoms with Gasteiger partial charge < -0.3 is 5.11 Å². The smallest absolute Gasteiger partial charge is 0.115 e. The van der Waals surface area contributed by atoms with Crippen molar-refractivity contribution in [1.82, 2.24) is 0 Å². The highest BCUT2D eigenvalue weighted by atomic mass is 16.3. The third-order valence-electron chi connectivity index (χ3n) is 2.66. The average molecular weight is 252 g/mol. The highest BCUT2D eigenvalue weighted by molar-refractivity contribution is 5.27. The maximum atomic E-state index is 9.53. The maximum absolute atomic E-state index is 9.53. The molecule has 0 spiro atoms. The Morgan fingerprint density at radius 1 is 1.21 bits per heavy atom. The third-order valence-corrected chi connectivity index (χ3v) is 2.66. The van der Waals surface area contributed by atoms with Crippen molar-refractivity contribution in [3.05, 3.63) is 48.6 Å². The SMILES string of the molecule is C=CCCC[C@@H](O)C#CC#CCCc1ccccc1. The number of benzene rings is 1. The lowest BCUT2D eigenvalue weighted by Gasteiger charge is -1.99.